The largest absolute Gasteiger partial charge is 0.497 e. The number of thioether (sulfide) groups is 1. The highest BCUT2D eigenvalue weighted by Crippen LogP contribution is 2.35. The van der Waals surface area contributed by atoms with Gasteiger partial charge < -0.3 is 10.1 Å². The zero-order valence-electron chi connectivity index (χ0n) is 8.84. The number of methoxy groups -OCH3 is 1. The molecule has 0 saturated carbocycles. The maximum absolute atomic E-state index is 13.7. The van der Waals surface area contributed by atoms with Crippen molar-refractivity contribution in [3.63, 3.8) is 0 Å². The Morgan fingerprint density at radius 1 is 1.53 bits per heavy atom. The van der Waals surface area contributed by atoms with Crippen LogP contribution in [0.15, 0.2) is 12.1 Å². The molecule has 1 aliphatic rings. The average molecular weight is 227 g/mol. The molecule has 1 aromatic carbocycles. The van der Waals surface area contributed by atoms with E-state index in [-0.39, 0.29) is 11.9 Å². The number of hydrogen-bond acceptors (Lipinski definition) is 3. The van der Waals surface area contributed by atoms with Gasteiger partial charge in [0.15, 0.2) is 0 Å². The van der Waals surface area contributed by atoms with Gasteiger partial charge in [-0.15, -0.1) is 0 Å². The molecule has 0 fully saturated rings. The van der Waals surface area contributed by atoms with Gasteiger partial charge in [0.1, 0.15) is 11.6 Å². The van der Waals surface area contributed by atoms with E-state index >= 15 is 0 Å². The molecule has 1 aliphatic heterocycles. The van der Waals surface area contributed by atoms with Gasteiger partial charge in [0.05, 0.1) is 7.11 Å². The first-order valence-corrected chi connectivity index (χ1v) is 6.03. The summed E-state index contributed by atoms with van der Waals surface area (Å²) in [5, 5.41) is 3.20. The Morgan fingerprint density at radius 3 is 3.00 bits per heavy atom. The summed E-state index contributed by atoms with van der Waals surface area (Å²) in [6.45, 7) is 0. The van der Waals surface area contributed by atoms with Crippen molar-refractivity contribution >= 4 is 11.8 Å². The summed E-state index contributed by atoms with van der Waals surface area (Å²) in [4.78, 5) is 0. The minimum absolute atomic E-state index is 0.156. The van der Waals surface area contributed by atoms with Gasteiger partial charge in [-0.1, -0.05) is 0 Å². The summed E-state index contributed by atoms with van der Waals surface area (Å²) in [7, 11) is 3.46. The SMILES string of the molecule is CNC1CSCc2c(F)cc(OC)cc21. The highest BCUT2D eigenvalue weighted by molar-refractivity contribution is 7.98. The van der Waals surface area contributed by atoms with Gasteiger partial charge >= 0.3 is 0 Å². The van der Waals surface area contributed by atoms with E-state index in [1.165, 1.54) is 6.07 Å². The van der Waals surface area contributed by atoms with Crippen LogP contribution >= 0.6 is 11.8 Å². The first-order chi connectivity index (χ1) is 7.26. The topological polar surface area (TPSA) is 21.3 Å². The highest BCUT2D eigenvalue weighted by Gasteiger charge is 2.22. The molecular formula is C11H14FNOS. The van der Waals surface area contributed by atoms with Crippen LogP contribution in [-0.4, -0.2) is 19.9 Å². The van der Waals surface area contributed by atoms with Crippen molar-refractivity contribution in [1.82, 2.24) is 5.32 Å². The fourth-order valence-corrected chi connectivity index (χ4v) is 3.03. The molecule has 1 N–H and O–H groups in total. The quantitative estimate of drug-likeness (QED) is 0.838. The predicted octanol–water partition coefficient (Wildman–Crippen LogP) is 2.34. The molecule has 4 heteroatoms. The number of halogens is 1. The number of fused-ring (bicyclic) bond motifs is 1. The maximum Gasteiger partial charge on any atom is 0.131 e. The number of nitrogens with one attached hydrogen (secondary N) is 1. The first-order valence-electron chi connectivity index (χ1n) is 4.87. The fourth-order valence-electron chi connectivity index (χ4n) is 1.82. The number of rotatable bonds is 2. The number of hydrogen-bond donors (Lipinski definition) is 1. The Labute approximate surface area is 93.2 Å². The lowest BCUT2D eigenvalue weighted by atomic mass is 10.0. The number of ether oxygens (including phenoxy) is 1. The predicted molar refractivity (Wildman–Crippen MR) is 60.9 cm³/mol. The molecule has 2 rings (SSSR count). The molecule has 0 aliphatic carbocycles. The van der Waals surface area contributed by atoms with Crippen LogP contribution in [0.5, 0.6) is 5.75 Å². The lowest BCUT2D eigenvalue weighted by Crippen LogP contribution is -2.23. The minimum Gasteiger partial charge on any atom is -0.497 e. The standard InChI is InChI=1S/C11H14FNOS/c1-13-11-6-15-5-9-8(11)3-7(14-2)4-10(9)12/h3-4,11,13H,5-6H2,1-2H3. The molecular weight excluding hydrogens is 213 g/mol. The molecule has 1 heterocycles. The second-order valence-electron chi connectivity index (χ2n) is 3.53. The third-order valence-electron chi connectivity index (χ3n) is 2.69. The van der Waals surface area contributed by atoms with E-state index in [1.807, 2.05) is 13.1 Å². The van der Waals surface area contributed by atoms with E-state index in [0.29, 0.717) is 5.75 Å². The highest BCUT2D eigenvalue weighted by atomic mass is 32.2. The van der Waals surface area contributed by atoms with Gasteiger partial charge in [0, 0.05) is 29.2 Å². The molecule has 0 amide bonds. The third kappa shape index (κ3) is 1.96. The van der Waals surface area contributed by atoms with Gasteiger partial charge in [-0.2, -0.15) is 11.8 Å². The molecule has 0 aromatic heterocycles. The second-order valence-corrected chi connectivity index (χ2v) is 4.56. The molecule has 0 spiro atoms. The summed E-state index contributed by atoms with van der Waals surface area (Å²) in [5.74, 6) is 2.18. The van der Waals surface area contributed by atoms with Crippen LogP contribution in [0.4, 0.5) is 4.39 Å². The fraction of sp³-hybridized carbons (Fsp3) is 0.455. The molecule has 1 aromatic rings. The molecule has 82 valence electrons. The van der Waals surface area contributed by atoms with Crippen molar-refractivity contribution in [3.05, 3.63) is 29.1 Å². The summed E-state index contributed by atoms with van der Waals surface area (Å²) in [6, 6.07) is 3.61. The Bertz CT molecular complexity index is 370. The Balaban J connectivity index is 2.48. The van der Waals surface area contributed by atoms with Crippen LogP contribution in [0.1, 0.15) is 17.2 Å². The molecule has 1 atom stereocenters. The lowest BCUT2D eigenvalue weighted by molar-refractivity contribution is 0.409. The van der Waals surface area contributed by atoms with E-state index in [4.69, 9.17) is 4.74 Å². The van der Waals surface area contributed by atoms with E-state index in [0.717, 1.165) is 22.6 Å². The molecule has 1 unspecified atom stereocenters. The van der Waals surface area contributed by atoms with Crippen LogP contribution in [0.3, 0.4) is 0 Å². The van der Waals surface area contributed by atoms with Gasteiger partial charge in [0.2, 0.25) is 0 Å². The normalized spacial score (nSPS) is 19.8. The summed E-state index contributed by atoms with van der Waals surface area (Å²) in [5.41, 5.74) is 1.85. The molecule has 15 heavy (non-hydrogen) atoms. The van der Waals surface area contributed by atoms with Crippen LogP contribution < -0.4 is 10.1 Å². The molecule has 0 saturated heterocycles. The lowest BCUT2D eigenvalue weighted by Gasteiger charge is -2.25. The smallest absolute Gasteiger partial charge is 0.131 e. The monoisotopic (exact) mass is 227 g/mol. The summed E-state index contributed by atoms with van der Waals surface area (Å²) in [6.07, 6.45) is 0. The van der Waals surface area contributed by atoms with E-state index in [1.54, 1.807) is 18.9 Å². The van der Waals surface area contributed by atoms with Gasteiger partial charge in [-0.05, 0) is 18.7 Å². The van der Waals surface area contributed by atoms with Crippen LogP contribution in [0.2, 0.25) is 0 Å². The van der Waals surface area contributed by atoms with Gasteiger partial charge in [-0.25, -0.2) is 4.39 Å². The summed E-state index contributed by atoms with van der Waals surface area (Å²) < 4.78 is 18.8. The van der Waals surface area contributed by atoms with Crippen LogP contribution in [0, 0.1) is 5.82 Å². The van der Waals surface area contributed by atoms with Crippen molar-refractivity contribution in [2.75, 3.05) is 19.9 Å². The average Bonchev–Trinajstić information content (AvgIpc) is 2.28. The van der Waals surface area contributed by atoms with Gasteiger partial charge in [-0.3, -0.25) is 0 Å². The second kappa shape index (κ2) is 4.41. The van der Waals surface area contributed by atoms with Crippen molar-refractivity contribution in [2.24, 2.45) is 0 Å². The third-order valence-corrected chi connectivity index (χ3v) is 3.76. The molecule has 0 radical (unpaired) electrons. The maximum atomic E-state index is 13.7. The number of benzene rings is 1. The molecule has 2 nitrogen and oxygen atoms in total. The Kier molecular flexibility index (Phi) is 3.17. The molecule has 0 bridgehead atoms. The zero-order chi connectivity index (χ0) is 10.8. The van der Waals surface area contributed by atoms with Crippen LogP contribution in [-0.2, 0) is 5.75 Å². The van der Waals surface area contributed by atoms with E-state index in [9.17, 15) is 4.39 Å². The Hall–Kier alpha value is -0.740. The first kappa shape index (κ1) is 10.8. The van der Waals surface area contributed by atoms with Crippen molar-refractivity contribution < 1.29 is 9.13 Å². The van der Waals surface area contributed by atoms with Crippen molar-refractivity contribution in [3.8, 4) is 5.75 Å². The van der Waals surface area contributed by atoms with Crippen LogP contribution in [0.25, 0.3) is 0 Å². The van der Waals surface area contributed by atoms with E-state index in [2.05, 4.69) is 5.32 Å². The van der Waals surface area contributed by atoms with Gasteiger partial charge in [0.25, 0.3) is 0 Å². The van der Waals surface area contributed by atoms with E-state index < -0.39 is 0 Å². The van der Waals surface area contributed by atoms with Crippen molar-refractivity contribution in [2.45, 2.75) is 11.8 Å². The van der Waals surface area contributed by atoms with Crippen molar-refractivity contribution in [1.29, 1.82) is 0 Å². The zero-order valence-corrected chi connectivity index (χ0v) is 9.66. The minimum atomic E-state index is -0.156. The summed E-state index contributed by atoms with van der Waals surface area (Å²) >= 11 is 1.75. The Morgan fingerprint density at radius 2 is 2.33 bits per heavy atom.